The molecule has 2 N–H and O–H groups in total. The lowest BCUT2D eigenvalue weighted by atomic mass is 10.1. The summed E-state index contributed by atoms with van der Waals surface area (Å²) in [6, 6.07) is 8.52. The van der Waals surface area contributed by atoms with Gasteiger partial charge < -0.3 is 5.32 Å². The molecule has 0 aliphatic heterocycles. The molecule has 1 aliphatic rings. The molecule has 4 nitrogen and oxygen atoms in total. The van der Waals surface area contributed by atoms with E-state index in [-0.39, 0.29) is 5.75 Å². The van der Waals surface area contributed by atoms with Crippen LogP contribution in [0.4, 0.5) is 0 Å². The summed E-state index contributed by atoms with van der Waals surface area (Å²) in [7, 11) is -3.22. The van der Waals surface area contributed by atoms with Gasteiger partial charge >= 0.3 is 0 Å². The molecule has 21 heavy (non-hydrogen) atoms. The molecule has 1 aromatic rings. The smallest absolute Gasteiger partial charge is 0.215 e. The Labute approximate surface area is 128 Å². The highest BCUT2D eigenvalue weighted by atomic mass is 32.2. The van der Waals surface area contributed by atoms with Gasteiger partial charge in [0.1, 0.15) is 0 Å². The third-order valence-electron chi connectivity index (χ3n) is 3.60. The fourth-order valence-corrected chi connectivity index (χ4v) is 3.24. The van der Waals surface area contributed by atoms with Crippen LogP contribution in [-0.4, -0.2) is 21.0 Å². The Hall–Kier alpha value is -0.910. The molecule has 0 atom stereocenters. The first kappa shape index (κ1) is 16.5. The van der Waals surface area contributed by atoms with Gasteiger partial charge in [-0.3, -0.25) is 0 Å². The summed E-state index contributed by atoms with van der Waals surface area (Å²) in [5.74, 6) is 0.562. The maximum atomic E-state index is 12.0. The van der Waals surface area contributed by atoms with Gasteiger partial charge in [0.05, 0.1) is 5.75 Å². The van der Waals surface area contributed by atoms with E-state index in [1.165, 1.54) is 18.4 Å². The molecule has 0 spiro atoms. The van der Waals surface area contributed by atoms with E-state index in [1.807, 2.05) is 24.3 Å². The largest absolute Gasteiger partial charge is 0.310 e. The van der Waals surface area contributed by atoms with E-state index in [9.17, 15) is 8.42 Å². The Morgan fingerprint density at radius 3 is 2.33 bits per heavy atom. The summed E-state index contributed by atoms with van der Waals surface area (Å²) < 4.78 is 26.6. The first-order valence-electron chi connectivity index (χ1n) is 7.73. The Kier molecular flexibility index (Phi) is 5.79. The molecule has 118 valence electrons. The van der Waals surface area contributed by atoms with Crippen molar-refractivity contribution >= 4 is 10.0 Å². The van der Waals surface area contributed by atoms with Crippen molar-refractivity contribution in [2.75, 3.05) is 6.54 Å². The van der Waals surface area contributed by atoms with E-state index in [1.54, 1.807) is 0 Å². The summed E-state index contributed by atoms with van der Waals surface area (Å²) >= 11 is 0. The van der Waals surface area contributed by atoms with Gasteiger partial charge in [-0.25, -0.2) is 13.1 Å². The van der Waals surface area contributed by atoms with Crippen molar-refractivity contribution in [2.24, 2.45) is 5.92 Å². The van der Waals surface area contributed by atoms with Crippen LogP contribution in [0.15, 0.2) is 24.3 Å². The van der Waals surface area contributed by atoms with Gasteiger partial charge in [-0.15, -0.1) is 0 Å². The van der Waals surface area contributed by atoms with Crippen LogP contribution < -0.4 is 10.0 Å². The quantitative estimate of drug-likeness (QED) is 0.736. The molecule has 0 unspecified atom stereocenters. The molecule has 0 heterocycles. The Morgan fingerprint density at radius 2 is 1.76 bits per heavy atom. The number of benzene rings is 1. The topological polar surface area (TPSA) is 58.2 Å². The Balaban J connectivity index is 1.80. The van der Waals surface area contributed by atoms with Crippen LogP contribution in [0, 0.1) is 5.92 Å². The molecule has 2 rings (SSSR count). The second-order valence-corrected chi connectivity index (χ2v) is 8.11. The van der Waals surface area contributed by atoms with Gasteiger partial charge in [0.25, 0.3) is 0 Å². The molecule has 0 radical (unpaired) electrons. The van der Waals surface area contributed by atoms with E-state index in [0.29, 0.717) is 18.5 Å². The standard InChI is InChI=1S/C16H26N2O2S/c1-13(2)9-10-18-21(19,20)12-15-5-3-14(4-6-15)11-17-16-7-8-16/h3-6,13,16-18H,7-12H2,1-2H3. The van der Waals surface area contributed by atoms with Gasteiger partial charge in [0, 0.05) is 19.1 Å². The van der Waals surface area contributed by atoms with Crippen molar-refractivity contribution in [1.29, 1.82) is 0 Å². The Bertz CT molecular complexity index is 534. The third-order valence-corrected chi connectivity index (χ3v) is 4.95. The first-order chi connectivity index (χ1) is 9.94. The predicted octanol–water partition coefficient (Wildman–Crippen LogP) is 2.40. The van der Waals surface area contributed by atoms with Crippen LogP contribution in [-0.2, 0) is 22.3 Å². The normalized spacial score (nSPS) is 15.6. The fraction of sp³-hybridized carbons (Fsp3) is 0.625. The summed E-state index contributed by atoms with van der Waals surface area (Å²) in [4.78, 5) is 0. The molecule has 0 bridgehead atoms. The van der Waals surface area contributed by atoms with Crippen LogP contribution in [0.2, 0.25) is 0 Å². The van der Waals surface area contributed by atoms with Crippen LogP contribution in [0.25, 0.3) is 0 Å². The lowest BCUT2D eigenvalue weighted by Crippen LogP contribution is -2.26. The van der Waals surface area contributed by atoms with E-state index in [4.69, 9.17) is 0 Å². The van der Waals surface area contributed by atoms with E-state index in [2.05, 4.69) is 23.9 Å². The zero-order valence-electron chi connectivity index (χ0n) is 12.9. The van der Waals surface area contributed by atoms with Gasteiger partial charge in [0.15, 0.2) is 0 Å². The average Bonchev–Trinajstić information content (AvgIpc) is 3.21. The monoisotopic (exact) mass is 310 g/mol. The predicted molar refractivity (Wildman–Crippen MR) is 86.4 cm³/mol. The van der Waals surface area contributed by atoms with Crippen LogP contribution >= 0.6 is 0 Å². The molecule has 1 aromatic carbocycles. The first-order valence-corrected chi connectivity index (χ1v) is 9.38. The molecular formula is C16H26N2O2S. The number of sulfonamides is 1. The van der Waals surface area contributed by atoms with Crippen molar-refractivity contribution in [1.82, 2.24) is 10.0 Å². The summed E-state index contributed by atoms with van der Waals surface area (Å²) in [6.45, 7) is 5.55. The Morgan fingerprint density at radius 1 is 1.14 bits per heavy atom. The molecule has 0 aromatic heterocycles. The molecular weight excluding hydrogens is 284 g/mol. The lowest BCUT2D eigenvalue weighted by Gasteiger charge is -2.09. The second kappa shape index (κ2) is 7.38. The summed E-state index contributed by atoms with van der Waals surface area (Å²) in [5, 5.41) is 3.45. The summed E-state index contributed by atoms with van der Waals surface area (Å²) in [6.07, 6.45) is 3.42. The van der Waals surface area contributed by atoms with Crippen LogP contribution in [0.1, 0.15) is 44.2 Å². The molecule has 0 saturated heterocycles. The van der Waals surface area contributed by atoms with Gasteiger partial charge in [-0.1, -0.05) is 38.1 Å². The maximum absolute atomic E-state index is 12.0. The zero-order valence-corrected chi connectivity index (χ0v) is 13.7. The highest BCUT2D eigenvalue weighted by molar-refractivity contribution is 7.88. The highest BCUT2D eigenvalue weighted by Crippen LogP contribution is 2.19. The molecule has 1 fully saturated rings. The number of rotatable bonds is 9. The minimum absolute atomic E-state index is 0.0570. The zero-order chi connectivity index (χ0) is 15.3. The van der Waals surface area contributed by atoms with E-state index < -0.39 is 10.0 Å². The van der Waals surface area contributed by atoms with Gasteiger partial charge in [-0.05, 0) is 36.3 Å². The summed E-state index contributed by atoms with van der Waals surface area (Å²) in [5.41, 5.74) is 2.04. The van der Waals surface area contributed by atoms with Crippen LogP contribution in [0.5, 0.6) is 0 Å². The molecule has 1 saturated carbocycles. The lowest BCUT2D eigenvalue weighted by molar-refractivity contribution is 0.551. The molecule has 5 heteroatoms. The van der Waals surface area contributed by atoms with Gasteiger partial charge in [-0.2, -0.15) is 0 Å². The van der Waals surface area contributed by atoms with Crippen molar-refractivity contribution in [3.8, 4) is 0 Å². The van der Waals surface area contributed by atoms with Crippen LogP contribution in [0.3, 0.4) is 0 Å². The number of nitrogens with one attached hydrogen (secondary N) is 2. The minimum atomic E-state index is -3.22. The van der Waals surface area contributed by atoms with Crippen molar-refractivity contribution in [3.05, 3.63) is 35.4 Å². The highest BCUT2D eigenvalue weighted by Gasteiger charge is 2.19. The minimum Gasteiger partial charge on any atom is -0.310 e. The average molecular weight is 310 g/mol. The SMILES string of the molecule is CC(C)CCNS(=O)(=O)Cc1ccc(CNC2CC2)cc1. The number of hydrogen-bond donors (Lipinski definition) is 2. The molecule has 0 amide bonds. The van der Waals surface area contributed by atoms with Crippen molar-refractivity contribution in [2.45, 2.75) is 51.4 Å². The maximum Gasteiger partial charge on any atom is 0.215 e. The van der Waals surface area contributed by atoms with Gasteiger partial charge in [0.2, 0.25) is 10.0 Å². The fourth-order valence-electron chi connectivity index (χ4n) is 2.08. The second-order valence-electron chi connectivity index (χ2n) is 6.31. The third kappa shape index (κ3) is 6.59. The van der Waals surface area contributed by atoms with E-state index in [0.717, 1.165) is 18.5 Å². The number of hydrogen-bond acceptors (Lipinski definition) is 3. The van der Waals surface area contributed by atoms with E-state index >= 15 is 0 Å². The van der Waals surface area contributed by atoms with Crippen molar-refractivity contribution in [3.63, 3.8) is 0 Å². The van der Waals surface area contributed by atoms with Crippen molar-refractivity contribution < 1.29 is 8.42 Å². The molecule has 1 aliphatic carbocycles.